The molecule has 0 bridgehead atoms. The lowest BCUT2D eigenvalue weighted by Gasteiger charge is -2.37. The van der Waals surface area contributed by atoms with Gasteiger partial charge in [-0.2, -0.15) is 0 Å². The lowest BCUT2D eigenvalue weighted by molar-refractivity contribution is 0.0288. The van der Waals surface area contributed by atoms with E-state index >= 15 is 0 Å². The summed E-state index contributed by atoms with van der Waals surface area (Å²) in [7, 11) is -8.54. The highest BCUT2D eigenvalue weighted by atomic mass is 28.5. The van der Waals surface area contributed by atoms with Crippen LogP contribution < -0.4 is 0 Å². The summed E-state index contributed by atoms with van der Waals surface area (Å²) < 4.78 is 21.4. The molecule has 1 rings (SSSR count). The summed E-state index contributed by atoms with van der Waals surface area (Å²) in [6, 6.07) is 0. The predicted molar refractivity (Wildman–Crippen MR) is 90.3 cm³/mol. The van der Waals surface area contributed by atoms with E-state index in [1.165, 1.54) is 0 Å². The zero-order valence-electron chi connectivity index (χ0n) is 13.2. The highest BCUT2D eigenvalue weighted by Crippen LogP contribution is 2.21. The Balaban J connectivity index is 0. The van der Waals surface area contributed by atoms with Crippen LogP contribution in [0.1, 0.15) is 7.43 Å². The summed E-state index contributed by atoms with van der Waals surface area (Å²) in [6.45, 7) is 15.2. The fraction of sp³-hybridized carbons (Fsp3) is 1.00. The molecule has 1 fully saturated rings. The predicted octanol–water partition coefficient (Wildman–Crippen LogP) is 2.44. The standard InChI is InChI=1S/C5H14O3Si2.C4H14O3Si2.CH4/c1-9(2)6-5-7-10(3,4)8-9;1-8(2,5)7-9(3,4)6;/h5H2,1-4H3;5-6H,1-4H3;1H4. The molecular formula is C10H32O6Si4. The van der Waals surface area contributed by atoms with Gasteiger partial charge in [-0.3, -0.25) is 0 Å². The average Bonchev–Trinajstić information content (AvgIpc) is 1.90. The van der Waals surface area contributed by atoms with Crippen LogP contribution in [0.15, 0.2) is 0 Å². The van der Waals surface area contributed by atoms with E-state index in [0.29, 0.717) is 6.79 Å². The molecule has 0 amide bonds. The van der Waals surface area contributed by atoms with Gasteiger partial charge < -0.3 is 26.7 Å². The largest absolute Gasteiger partial charge is 0.415 e. The maximum absolute atomic E-state index is 9.14. The summed E-state index contributed by atoms with van der Waals surface area (Å²) in [5.41, 5.74) is 0. The molecule has 0 aliphatic carbocycles. The molecule has 1 heterocycles. The second-order valence-electron chi connectivity index (χ2n) is 6.30. The molecule has 0 unspecified atom stereocenters. The van der Waals surface area contributed by atoms with Crippen LogP contribution in [0.4, 0.5) is 0 Å². The minimum absolute atomic E-state index is 0. The summed E-state index contributed by atoms with van der Waals surface area (Å²) in [5, 5.41) is 0. The van der Waals surface area contributed by atoms with Crippen molar-refractivity contribution in [3.05, 3.63) is 0 Å². The third-order valence-electron chi connectivity index (χ3n) is 1.80. The van der Waals surface area contributed by atoms with Crippen molar-refractivity contribution in [2.24, 2.45) is 0 Å². The van der Waals surface area contributed by atoms with E-state index in [1.807, 2.05) is 26.2 Å². The van der Waals surface area contributed by atoms with E-state index in [1.54, 1.807) is 26.2 Å². The van der Waals surface area contributed by atoms with Gasteiger partial charge in [0.05, 0.1) is 0 Å². The summed E-state index contributed by atoms with van der Waals surface area (Å²) in [5.74, 6) is 0. The fourth-order valence-electron chi connectivity index (χ4n) is 1.58. The van der Waals surface area contributed by atoms with Gasteiger partial charge in [-0.05, 0) is 52.4 Å². The van der Waals surface area contributed by atoms with Gasteiger partial charge in [-0.25, -0.2) is 0 Å². The maximum Gasteiger partial charge on any atom is 0.324 e. The van der Waals surface area contributed by atoms with Crippen LogP contribution in [0.5, 0.6) is 0 Å². The Hall–Kier alpha value is 0.628. The Kier molecular flexibility index (Phi) is 8.88. The van der Waals surface area contributed by atoms with Crippen LogP contribution >= 0.6 is 0 Å². The third kappa shape index (κ3) is 13.6. The summed E-state index contributed by atoms with van der Waals surface area (Å²) in [4.78, 5) is 18.3. The van der Waals surface area contributed by atoms with E-state index in [0.717, 1.165) is 0 Å². The second-order valence-corrected chi connectivity index (χ2v) is 19.9. The van der Waals surface area contributed by atoms with Crippen molar-refractivity contribution in [2.75, 3.05) is 6.79 Å². The van der Waals surface area contributed by atoms with E-state index in [4.69, 9.17) is 26.7 Å². The second kappa shape index (κ2) is 7.76. The monoisotopic (exact) mass is 360 g/mol. The summed E-state index contributed by atoms with van der Waals surface area (Å²) >= 11 is 0. The quantitative estimate of drug-likeness (QED) is 0.737. The first kappa shape index (κ1) is 22.9. The van der Waals surface area contributed by atoms with E-state index in [9.17, 15) is 0 Å². The van der Waals surface area contributed by atoms with Crippen LogP contribution in [0, 0.1) is 0 Å². The van der Waals surface area contributed by atoms with Crippen molar-refractivity contribution in [3.63, 3.8) is 0 Å². The van der Waals surface area contributed by atoms with Gasteiger partial charge >= 0.3 is 34.2 Å². The van der Waals surface area contributed by atoms with Crippen LogP contribution in [-0.4, -0.2) is 50.6 Å². The van der Waals surface area contributed by atoms with Crippen LogP contribution in [0.2, 0.25) is 52.4 Å². The normalized spacial score (nSPS) is 21.3. The van der Waals surface area contributed by atoms with Crippen molar-refractivity contribution in [1.29, 1.82) is 0 Å². The first-order chi connectivity index (χ1) is 8.12. The molecule has 0 spiro atoms. The van der Waals surface area contributed by atoms with E-state index in [-0.39, 0.29) is 7.43 Å². The van der Waals surface area contributed by atoms with Gasteiger partial charge in [-0.15, -0.1) is 0 Å². The van der Waals surface area contributed by atoms with Crippen molar-refractivity contribution in [1.82, 2.24) is 0 Å². The molecule has 2 N–H and O–H groups in total. The number of hydrogen-bond donors (Lipinski definition) is 2. The van der Waals surface area contributed by atoms with Gasteiger partial charge in [0.1, 0.15) is 6.79 Å². The zero-order valence-corrected chi connectivity index (χ0v) is 17.2. The Morgan fingerprint density at radius 2 is 1.15 bits per heavy atom. The topological polar surface area (TPSA) is 77.4 Å². The minimum atomic E-state index is -2.48. The van der Waals surface area contributed by atoms with Gasteiger partial charge in [-0.1, -0.05) is 7.43 Å². The Labute approximate surface area is 128 Å². The van der Waals surface area contributed by atoms with Crippen molar-refractivity contribution >= 4 is 34.2 Å². The SMILES string of the molecule is C.C[Si](C)(O)O[Si](C)(C)O.C[Si]1(C)OCO[Si](C)(C)O1. The zero-order chi connectivity index (χ0) is 15.5. The van der Waals surface area contributed by atoms with Crippen LogP contribution in [0.25, 0.3) is 0 Å². The van der Waals surface area contributed by atoms with Crippen molar-refractivity contribution in [2.45, 2.75) is 59.8 Å². The lowest BCUT2D eigenvalue weighted by Crippen LogP contribution is -2.54. The van der Waals surface area contributed by atoms with Crippen LogP contribution in [-0.2, 0) is 17.1 Å². The van der Waals surface area contributed by atoms with Crippen LogP contribution in [0.3, 0.4) is 0 Å². The number of hydrogen-bond acceptors (Lipinski definition) is 6. The van der Waals surface area contributed by atoms with Crippen molar-refractivity contribution in [3.8, 4) is 0 Å². The smallest absolute Gasteiger partial charge is 0.324 e. The molecule has 20 heavy (non-hydrogen) atoms. The molecule has 6 nitrogen and oxygen atoms in total. The molecule has 0 radical (unpaired) electrons. The van der Waals surface area contributed by atoms with E-state index in [2.05, 4.69) is 0 Å². The first-order valence-electron chi connectivity index (χ1n) is 6.25. The van der Waals surface area contributed by atoms with Gasteiger partial charge in [0.25, 0.3) is 0 Å². The van der Waals surface area contributed by atoms with Crippen molar-refractivity contribution < 1.29 is 26.7 Å². The van der Waals surface area contributed by atoms with E-state index < -0.39 is 34.2 Å². The molecule has 10 heteroatoms. The molecule has 1 aliphatic heterocycles. The molecule has 1 saturated heterocycles. The minimum Gasteiger partial charge on any atom is -0.415 e. The molecule has 0 aromatic rings. The Morgan fingerprint density at radius 1 is 0.850 bits per heavy atom. The fourth-order valence-corrected chi connectivity index (χ4v) is 12.5. The Morgan fingerprint density at radius 3 is 1.25 bits per heavy atom. The maximum atomic E-state index is 9.14. The van der Waals surface area contributed by atoms with Gasteiger partial charge in [0.2, 0.25) is 0 Å². The molecule has 0 atom stereocenters. The molecular weight excluding hydrogens is 328 g/mol. The average molecular weight is 361 g/mol. The molecule has 0 aromatic heterocycles. The lowest BCUT2D eigenvalue weighted by atomic mass is 11.6. The van der Waals surface area contributed by atoms with Gasteiger partial charge in [0, 0.05) is 0 Å². The Bertz CT molecular complexity index is 258. The number of rotatable bonds is 2. The third-order valence-corrected chi connectivity index (χ3v) is 11.4. The molecule has 124 valence electrons. The summed E-state index contributed by atoms with van der Waals surface area (Å²) in [6.07, 6.45) is 0. The highest BCUT2D eigenvalue weighted by molar-refractivity contribution is 6.79. The molecule has 1 aliphatic rings. The molecule has 0 aromatic carbocycles. The first-order valence-corrected chi connectivity index (χ1v) is 17.6. The molecule has 0 saturated carbocycles. The van der Waals surface area contributed by atoms with Gasteiger partial charge in [0.15, 0.2) is 0 Å². The highest BCUT2D eigenvalue weighted by Gasteiger charge is 2.40.